The van der Waals surface area contributed by atoms with Gasteiger partial charge in [-0.2, -0.15) is 0 Å². The molecule has 3 nitrogen and oxygen atoms in total. The summed E-state index contributed by atoms with van der Waals surface area (Å²) in [7, 11) is 0. The highest BCUT2D eigenvalue weighted by Gasteiger charge is 2.09. The third-order valence-corrected chi connectivity index (χ3v) is 3.40. The molecule has 0 radical (unpaired) electrons. The van der Waals surface area contributed by atoms with Crippen LogP contribution in [0.5, 0.6) is 5.75 Å². The van der Waals surface area contributed by atoms with Crippen molar-refractivity contribution in [2.45, 2.75) is 19.4 Å². The lowest BCUT2D eigenvalue weighted by Gasteiger charge is -2.15. The normalized spacial score (nSPS) is 11.7. The number of hydrogen-bond donors (Lipinski definition) is 1. The van der Waals surface area contributed by atoms with Gasteiger partial charge in [-0.05, 0) is 36.8 Å². The molecule has 0 aliphatic carbocycles. The van der Waals surface area contributed by atoms with Crippen LogP contribution in [-0.2, 0) is 11.2 Å². The first-order valence-corrected chi connectivity index (χ1v) is 7.64. The molecule has 0 heterocycles. The van der Waals surface area contributed by atoms with E-state index < -0.39 is 0 Å². The maximum atomic E-state index is 12.0. The standard InChI is InChI=1S/C17H18BrNO2/c1-13(12-21-16-8-3-2-4-9-16)19-17(20)11-14-6-5-7-15(18)10-14/h2-10,13H,11-12H2,1H3,(H,19,20)/t13-/m1/s1. The Hall–Kier alpha value is -1.81. The van der Waals surface area contributed by atoms with Gasteiger partial charge in [-0.15, -0.1) is 0 Å². The van der Waals surface area contributed by atoms with Crippen molar-refractivity contribution < 1.29 is 9.53 Å². The van der Waals surface area contributed by atoms with E-state index in [1.165, 1.54) is 0 Å². The van der Waals surface area contributed by atoms with Gasteiger partial charge in [0.15, 0.2) is 0 Å². The number of para-hydroxylation sites is 1. The van der Waals surface area contributed by atoms with Crippen LogP contribution in [0.25, 0.3) is 0 Å². The van der Waals surface area contributed by atoms with Crippen molar-refractivity contribution in [3.05, 3.63) is 64.6 Å². The van der Waals surface area contributed by atoms with Crippen LogP contribution in [0.2, 0.25) is 0 Å². The zero-order valence-corrected chi connectivity index (χ0v) is 13.5. The Balaban J connectivity index is 1.77. The molecule has 110 valence electrons. The molecule has 4 heteroatoms. The SMILES string of the molecule is C[C@H](COc1ccccc1)NC(=O)Cc1cccc(Br)c1. The van der Waals surface area contributed by atoms with Crippen molar-refractivity contribution in [2.24, 2.45) is 0 Å². The summed E-state index contributed by atoms with van der Waals surface area (Å²) in [4.78, 5) is 12.0. The summed E-state index contributed by atoms with van der Waals surface area (Å²) in [5.74, 6) is 0.808. The average Bonchev–Trinajstić information content (AvgIpc) is 2.46. The molecule has 21 heavy (non-hydrogen) atoms. The van der Waals surface area contributed by atoms with Gasteiger partial charge in [0.2, 0.25) is 5.91 Å². The Bertz CT molecular complexity index is 586. The monoisotopic (exact) mass is 347 g/mol. The lowest BCUT2D eigenvalue weighted by atomic mass is 10.1. The number of ether oxygens (including phenoxy) is 1. The van der Waals surface area contributed by atoms with Gasteiger partial charge in [0.05, 0.1) is 12.5 Å². The fourth-order valence-corrected chi connectivity index (χ4v) is 2.38. The van der Waals surface area contributed by atoms with E-state index in [-0.39, 0.29) is 11.9 Å². The van der Waals surface area contributed by atoms with E-state index in [0.29, 0.717) is 13.0 Å². The van der Waals surface area contributed by atoms with Crippen molar-refractivity contribution in [1.29, 1.82) is 0 Å². The number of nitrogens with one attached hydrogen (secondary N) is 1. The minimum Gasteiger partial charge on any atom is -0.491 e. The van der Waals surface area contributed by atoms with Crippen LogP contribution >= 0.6 is 15.9 Å². The number of amides is 1. The second kappa shape index (κ2) is 7.84. The first-order valence-electron chi connectivity index (χ1n) is 6.85. The first kappa shape index (κ1) is 15.6. The molecule has 0 saturated heterocycles. The summed E-state index contributed by atoms with van der Waals surface area (Å²) in [5.41, 5.74) is 0.984. The highest BCUT2D eigenvalue weighted by atomic mass is 79.9. The lowest BCUT2D eigenvalue weighted by Crippen LogP contribution is -2.37. The highest BCUT2D eigenvalue weighted by Crippen LogP contribution is 2.12. The Labute approximate surface area is 133 Å². The van der Waals surface area contributed by atoms with Crippen molar-refractivity contribution in [3.63, 3.8) is 0 Å². The number of rotatable bonds is 6. The van der Waals surface area contributed by atoms with Crippen LogP contribution in [0.1, 0.15) is 12.5 Å². The van der Waals surface area contributed by atoms with Crippen molar-refractivity contribution in [1.82, 2.24) is 5.32 Å². The number of hydrogen-bond acceptors (Lipinski definition) is 2. The Morgan fingerprint density at radius 1 is 1.19 bits per heavy atom. The third-order valence-electron chi connectivity index (χ3n) is 2.90. The van der Waals surface area contributed by atoms with E-state index in [0.717, 1.165) is 15.8 Å². The van der Waals surface area contributed by atoms with E-state index in [4.69, 9.17) is 4.74 Å². The van der Waals surface area contributed by atoms with Gasteiger partial charge in [-0.1, -0.05) is 46.3 Å². The van der Waals surface area contributed by atoms with Crippen LogP contribution in [0, 0.1) is 0 Å². The molecule has 0 fully saturated rings. The highest BCUT2D eigenvalue weighted by molar-refractivity contribution is 9.10. The van der Waals surface area contributed by atoms with E-state index in [9.17, 15) is 4.79 Å². The average molecular weight is 348 g/mol. The van der Waals surface area contributed by atoms with Gasteiger partial charge >= 0.3 is 0 Å². The minimum absolute atomic E-state index is 0.00254. The zero-order valence-electron chi connectivity index (χ0n) is 11.9. The fourth-order valence-electron chi connectivity index (χ4n) is 1.94. The van der Waals surface area contributed by atoms with E-state index >= 15 is 0 Å². The molecular weight excluding hydrogens is 330 g/mol. The summed E-state index contributed by atoms with van der Waals surface area (Å²) in [5, 5.41) is 2.94. The molecule has 0 aromatic heterocycles. The van der Waals surface area contributed by atoms with Gasteiger partial charge in [0, 0.05) is 4.47 Å². The quantitative estimate of drug-likeness (QED) is 0.867. The van der Waals surface area contributed by atoms with Crippen LogP contribution in [0.4, 0.5) is 0 Å². The summed E-state index contributed by atoms with van der Waals surface area (Å²) in [6.45, 7) is 2.38. The molecule has 1 amide bonds. The summed E-state index contributed by atoms with van der Waals surface area (Å²) >= 11 is 3.40. The molecule has 1 atom stereocenters. The van der Waals surface area contributed by atoms with Crippen molar-refractivity contribution in [3.8, 4) is 5.75 Å². The first-order chi connectivity index (χ1) is 10.1. The second-order valence-corrected chi connectivity index (χ2v) is 5.81. The molecule has 2 aromatic carbocycles. The number of halogens is 1. The van der Waals surface area contributed by atoms with Crippen LogP contribution in [-0.4, -0.2) is 18.6 Å². The Morgan fingerprint density at radius 3 is 2.67 bits per heavy atom. The van der Waals surface area contributed by atoms with Gasteiger partial charge in [0.1, 0.15) is 12.4 Å². The van der Waals surface area contributed by atoms with E-state index in [1.807, 2.05) is 61.5 Å². The minimum atomic E-state index is -0.0372. The Kier molecular flexibility index (Phi) is 5.81. The fraction of sp³-hybridized carbons (Fsp3) is 0.235. The molecule has 0 aliphatic heterocycles. The van der Waals surface area contributed by atoms with Crippen molar-refractivity contribution >= 4 is 21.8 Å². The number of carbonyl (C=O) groups excluding carboxylic acids is 1. The predicted molar refractivity (Wildman–Crippen MR) is 87.4 cm³/mol. The maximum absolute atomic E-state index is 12.0. The number of benzene rings is 2. The van der Waals surface area contributed by atoms with Gasteiger partial charge in [-0.3, -0.25) is 4.79 Å². The molecule has 0 saturated carbocycles. The molecule has 2 rings (SSSR count). The molecular formula is C17H18BrNO2. The molecule has 0 unspecified atom stereocenters. The second-order valence-electron chi connectivity index (χ2n) is 4.90. The topological polar surface area (TPSA) is 38.3 Å². The van der Waals surface area contributed by atoms with Crippen LogP contribution in [0.3, 0.4) is 0 Å². The summed E-state index contributed by atoms with van der Waals surface area (Å²) < 4.78 is 6.60. The maximum Gasteiger partial charge on any atom is 0.224 e. The molecule has 0 bridgehead atoms. The van der Waals surface area contributed by atoms with Crippen LogP contribution < -0.4 is 10.1 Å². The molecule has 1 N–H and O–H groups in total. The van der Waals surface area contributed by atoms with Gasteiger partial charge in [0.25, 0.3) is 0 Å². The van der Waals surface area contributed by atoms with Gasteiger partial charge < -0.3 is 10.1 Å². The predicted octanol–water partition coefficient (Wildman–Crippen LogP) is 3.58. The van der Waals surface area contributed by atoms with E-state index in [1.54, 1.807) is 0 Å². The Morgan fingerprint density at radius 2 is 1.95 bits per heavy atom. The lowest BCUT2D eigenvalue weighted by molar-refractivity contribution is -0.121. The number of carbonyl (C=O) groups is 1. The van der Waals surface area contributed by atoms with Gasteiger partial charge in [-0.25, -0.2) is 0 Å². The zero-order chi connectivity index (χ0) is 15.1. The largest absolute Gasteiger partial charge is 0.491 e. The molecule has 0 spiro atoms. The molecule has 2 aromatic rings. The molecule has 0 aliphatic rings. The van der Waals surface area contributed by atoms with Crippen LogP contribution in [0.15, 0.2) is 59.1 Å². The summed E-state index contributed by atoms with van der Waals surface area (Å²) in [6, 6.07) is 17.3. The summed E-state index contributed by atoms with van der Waals surface area (Å²) in [6.07, 6.45) is 0.370. The van der Waals surface area contributed by atoms with E-state index in [2.05, 4.69) is 21.2 Å². The smallest absolute Gasteiger partial charge is 0.224 e. The van der Waals surface area contributed by atoms with Crippen molar-refractivity contribution in [2.75, 3.05) is 6.61 Å². The third kappa shape index (κ3) is 5.60.